The standard InChI is InChI=1S/C12H14N2O.C12H17NO2.C2H6/c1-8(15)11(13)6-9-7-14-12-5-3-2-4-10(9)12;1-8(2)12(15)11(13)7-9-3-5-10(14)6-4-9;1-2/h2-5,7,11,14H,6,13H2,1H3;3-6,8,11,14H,7,13H2,1-2H3;1-2H3. The van der Waals surface area contributed by atoms with E-state index in [2.05, 4.69) is 4.98 Å². The Balaban J connectivity index is 0.000000297. The molecule has 0 amide bonds. The molecule has 0 aliphatic heterocycles. The maximum Gasteiger partial charge on any atom is 0.152 e. The Hall–Kier alpha value is -2.96. The van der Waals surface area contributed by atoms with Crippen molar-refractivity contribution in [3.63, 3.8) is 0 Å². The van der Waals surface area contributed by atoms with Gasteiger partial charge in [0, 0.05) is 23.0 Å². The molecule has 0 fully saturated rings. The van der Waals surface area contributed by atoms with Crippen LogP contribution in [0.1, 0.15) is 45.7 Å². The monoisotopic (exact) mass is 439 g/mol. The number of hydrogen-bond acceptors (Lipinski definition) is 5. The second-order valence-electron chi connectivity index (χ2n) is 7.81. The van der Waals surface area contributed by atoms with Gasteiger partial charge in [-0.1, -0.05) is 58.0 Å². The van der Waals surface area contributed by atoms with Crippen molar-refractivity contribution >= 4 is 22.5 Å². The molecule has 3 aromatic rings. The molecule has 0 radical (unpaired) electrons. The van der Waals surface area contributed by atoms with Gasteiger partial charge >= 0.3 is 0 Å². The fraction of sp³-hybridized carbons (Fsp3) is 0.385. The zero-order valence-electron chi connectivity index (χ0n) is 19.8. The molecule has 0 spiro atoms. The summed E-state index contributed by atoms with van der Waals surface area (Å²) in [5.74, 6) is 0.294. The van der Waals surface area contributed by atoms with Crippen molar-refractivity contribution in [1.82, 2.24) is 4.98 Å². The number of nitrogens with one attached hydrogen (secondary N) is 1. The minimum absolute atomic E-state index is 0.0280. The minimum atomic E-state index is -0.449. The van der Waals surface area contributed by atoms with E-state index in [9.17, 15) is 9.59 Å². The van der Waals surface area contributed by atoms with Gasteiger partial charge in [0.05, 0.1) is 12.1 Å². The molecule has 32 heavy (non-hydrogen) atoms. The fourth-order valence-corrected chi connectivity index (χ4v) is 3.10. The average molecular weight is 440 g/mol. The largest absolute Gasteiger partial charge is 0.508 e. The molecule has 0 aliphatic rings. The van der Waals surface area contributed by atoms with Crippen LogP contribution in [-0.4, -0.2) is 33.7 Å². The number of benzene rings is 2. The van der Waals surface area contributed by atoms with E-state index < -0.39 is 12.1 Å². The van der Waals surface area contributed by atoms with E-state index in [1.807, 2.05) is 58.2 Å². The normalized spacial score (nSPS) is 12.2. The average Bonchev–Trinajstić information content (AvgIpc) is 3.19. The summed E-state index contributed by atoms with van der Waals surface area (Å²) in [6.07, 6.45) is 3.05. The number of aromatic hydroxyl groups is 1. The molecule has 0 saturated heterocycles. The van der Waals surface area contributed by atoms with Gasteiger partial charge in [0.15, 0.2) is 5.78 Å². The van der Waals surface area contributed by atoms with Crippen molar-refractivity contribution < 1.29 is 14.7 Å². The molecule has 6 N–H and O–H groups in total. The van der Waals surface area contributed by atoms with Crippen molar-refractivity contribution in [2.24, 2.45) is 17.4 Å². The Kier molecular flexibility index (Phi) is 11.4. The quantitative estimate of drug-likeness (QED) is 0.441. The smallest absolute Gasteiger partial charge is 0.152 e. The third-order valence-corrected chi connectivity index (χ3v) is 4.96. The number of carbonyl (C=O) groups excluding carboxylic acids is 2. The van der Waals surface area contributed by atoms with Crippen LogP contribution in [0, 0.1) is 5.92 Å². The zero-order valence-corrected chi connectivity index (χ0v) is 19.8. The molecule has 0 aliphatic carbocycles. The molecule has 6 nitrogen and oxygen atoms in total. The number of phenols is 1. The molecule has 3 rings (SSSR count). The van der Waals surface area contributed by atoms with Crippen LogP contribution in [0.3, 0.4) is 0 Å². The Labute approximate surface area is 191 Å². The molecule has 0 bridgehead atoms. The van der Waals surface area contributed by atoms with Gasteiger partial charge in [-0.15, -0.1) is 0 Å². The van der Waals surface area contributed by atoms with Crippen molar-refractivity contribution in [1.29, 1.82) is 0 Å². The summed E-state index contributed by atoms with van der Waals surface area (Å²) in [6.45, 7) is 9.22. The topological polar surface area (TPSA) is 122 Å². The van der Waals surface area contributed by atoms with Gasteiger partial charge in [-0.3, -0.25) is 9.59 Å². The summed E-state index contributed by atoms with van der Waals surface area (Å²) in [7, 11) is 0. The Morgan fingerprint density at radius 3 is 2.09 bits per heavy atom. The van der Waals surface area contributed by atoms with Crippen molar-refractivity contribution in [2.45, 2.75) is 59.5 Å². The summed E-state index contributed by atoms with van der Waals surface area (Å²) >= 11 is 0. The predicted octanol–water partition coefficient (Wildman–Crippen LogP) is 4.14. The van der Waals surface area contributed by atoms with Crippen LogP contribution in [0.2, 0.25) is 0 Å². The van der Waals surface area contributed by atoms with Crippen molar-refractivity contribution in [2.75, 3.05) is 0 Å². The number of rotatable bonds is 7. The van der Waals surface area contributed by atoms with Crippen molar-refractivity contribution in [3.05, 3.63) is 65.9 Å². The number of fused-ring (bicyclic) bond motifs is 1. The van der Waals surface area contributed by atoms with E-state index in [4.69, 9.17) is 16.6 Å². The first kappa shape index (κ1) is 27.1. The number of ketones is 2. The number of H-pyrrole nitrogens is 1. The number of carbonyl (C=O) groups is 2. The van der Waals surface area contributed by atoms with E-state index in [1.54, 1.807) is 24.3 Å². The van der Waals surface area contributed by atoms with Gasteiger partial charge in [-0.25, -0.2) is 0 Å². The third kappa shape index (κ3) is 8.29. The lowest BCUT2D eigenvalue weighted by Gasteiger charge is -2.12. The number of para-hydroxylation sites is 1. The van der Waals surface area contributed by atoms with Crippen LogP contribution < -0.4 is 11.5 Å². The summed E-state index contributed by atoms with van der Waals surface area (Å²) < 4.78 is 0. The fourth-order valence-electron chi connectivity index (χ4n) is 3.10. The lowest BCUT2D eigenvalue weighted by Crippen LogP contribution is -2.35. The first-order valence-electron chi connectivity index (χ1n) is 11.1. The summed E-state index contributed by atoms with van der Waals surface area (Å²) in [5.41, 5.74) is 14.7. The number of Topliss-reactive ketones (excluding diaryl/α,β-unsaturated/α-hetero) is 2. The van der Waals surface area contributed by atoms with E-state index in [0.717, 1.165) is 22.0 Å². The van der Waals surface area contributed by atoms with Gasteiger partial charge in [0.2, 0.25) is 0 Å². The molecule has 0 saturated carbocycles. The maximum atomic E-state index is 11.5. The number of aromatic nitrogens is 1. The highest BCUT2D eigenvalue weighted by Gasteiger charge is 2.17. The van der Waals surface area contributed by atoms with Crippen LogP contribution in [-0.2, 0) is 22.4 Å². The molecule has 1 heterocycles. The maximum absolute atomic E-state index is 11.5. The Morgan fingerprint density at radius 2 is 1.53 bits per heavy atom. The number of phenolic OH excluding ortho intramolecular Hbond substituents is 1. The van der Waals surface area contributed by atoms with Crippen molar-refractivity contribution in [3.8, 4) is 5.75 Å². The SMILES string of the molecule is CC.CC(=O)C(N)Cc1c[nH]c2ccccc12.CC(C)C(=O)C(N)Cc1ccc(O)cc1. The van der Waals surface area contributed by atoms with E-state index in [1.165, 1.54) is 6.92 Å². The lowest BCUT2D eigenvalue weighted by atomic mass is 9.96. The van der Waals surface area contributed by atoms with Crippen LogP contribution in [0.15, 0.2) is 54.7 Å². The van der Waals surface area contributed by atoms with Gasteiger partial charge in [0.1, 0.15) is 11.5 Å². The molecule has 6 heteroatoms. The molecule has 174 valence electrons. The van der Waals surface area contributed by atoms with Gasteiger partial charge < -0.3 is 21.6 Å². The number of hydrogen-bond donors (Lipinski definition) is 4. The predicted molar refractivity (Wildman–Crippen MR) is 132 cm³/mol. The number of nitrogens with two attached hydrogens (primary N) is 2. The van der Waals surface area contributed by atoms with E-state index in [0.29, 0.717) is 12.8 Å². The Bertz CT molecular complexity index is 977. The second kappa shape index (κ2) is 13.5. The first-order valence-corrected chi connectivity index (χ1v) is 11.1. The Morgan fingerprint density at radius 1 is 0.938 bits per heavy atom. The second-order valence-corrected chi connectivity index (χ2v) is 7.81. The highest BCUT2D eigenvalue weighted by atomic mass is 16.3. The minimum Gasteiger partial charge on any atom is -0.508 e. The summed E-state index contributed by atoms with van der Waals surface area (Å²) in [4.78, 5) is 25.8. The van der Waals surface area contributed by atoms with Crippen LogP contribution in [0.5, 0.6) is 5.75 Å². The van der Waals surface area contributed by atoms with Gasteiger partial charge in [-0.2, -0.15) is 0 Å². The van der Waals surface area contributed by atoms with E-state index >= 15 is 0 Å². The van der Waals surface area contributed by atoms with Crippen LogP contribution in [0.4, 0.5) is 0 Å². The van der Waals surface area contributed by atoms with Gasteiger partial charge in [0.25, 0.3) is 0 Å². The van der Waals surface area contributed by atoms with E-state index in [-0.39, 0.29) is 23.2 Å². The molecular weight excluding hydrogens is 402 g/mol. The third-order valence-electron chi connectivity index (χ3n) is 4.96. The lowest BCUT2D eigenvalue weighted by molar-refractivity contribution is -0.123. The molecule has 2 atom stereocenters. The number of aromatic amines is 1. The summed E-state index contributed by atoms with van der Waals surface area (Å²) in [6, 6.07) is 13.9. The highest BCUT2D eigenvalue weighted by molar-refractivity contribution is 5.86. The van der Waals surface area contributed by atoms with Gasteiger partial charge in [-0.05, 0) is 49.1 Å². The zero-order chi connectivity index (χ0) is 24.3. The summed E-state index contributed by atoms with van der Waals surface area (Å²) in [5, 5.41) is 10.2. The van der Waals surface area contributed by atoms with Crippen LogP contribution >= 0.6 is 0 Å². The van der Waals surface area contributed by atoms with Crippen LogP contribution in [0.25, 0.3) is 10.9 Å². The molecule has 2 unspecified atom stereocenters. The molecule has 1 aromatic heterocycles. The molecule has 2 aromatic carbocycles. The highest BCUT2D eigenvalue weighted by Crippen LogP contribution is 2.18. The molecular formula is C26H37N3O3. The first-order chi connectivity index (χ1) is 15.2.